The highest BCUT2D eigenvalue weighted by Gasteiger charge is 2.29. The van der Waals surface area contributed by atoms with E-state index in [0.717, 1.165) is 48.3 Å². The van der Waals surface area contributed by atoms with Crippen molar-refractivity contribution >= 4 is 22.7 Å². The van der Waals surface area contributed by atoms with Crippen LogP contribution in [0.3, 0.4) is 0 Å². The van der Waals surface area contributed by atoms with Crippen LogP contribution >= 0.6 is 0 Å². The number of aromatic nitrogens is 5. The summed E-state index contributed by atoms with van der Waals surface area (Å²) in [6, 6.07) is 10.5. The van der Waals surface area contributed by atoms with E-state index in [0.29, 0.717) is 29.3 Å². The van der Waals surface area contributed by atoms with Gasteiger partial charge in [0.2, 0.25) is 5.95 Å². The molecule has 9 heteroatoms. The van der Waals surface area contributed by atoms with E-state index in [2.05, 4.69) is 57.1 Å². The first-order valence-corrected chi connectivity index (χ1v) is 13.0. The molecule has 1 atom stereocenters. The second-order valence-electron chi connectivity index (χ2n) is 10.6. The summed E-state index contributed by atoms with van der Waals surface area (Å²) in [6.07, 6.45) is 3.37. The quantitative estimate of drug-likeness (QED) is 0.433. The number of benzene rings is 1. The van der Waals surface area contributed by atoms with Crippen LogP contribution < -0.4 is 5.32 Å². The maximum atomic E-state index is 14.9. The van der Waals surface area contributed by atoms with Gasteiger partial charge in [0.05, 0.1) is 11.7 Å². The van der Waals surface area contributed by atoms with E-state index in [1.54, 1.807) is 0 Å². The second-order valence-corrected chi connectivity index (χ2v) is 10.6. The van der Waals surface area contributed by atoms with Gasteiger partial charge in [-0.2, -0.15) is 5.10 Å². The largest absolute Gasteiger partial charge is 0.309 e. The lowest BCUT2D eigenvalue weighted by atomic mass is 10.0. The molecule has 0 unspecified atom stereocenters. The Morgan fingerprint density at radius 2 is 1.95 bits per heavy atom. The number of anilines is 2. The van der Waals surface area contributed by atoms with Crippen LogP contribution in [-0.2, 0) is 20.0 Å². The molecule has 1 aromatic carbocycles. The van der Waals surface area contributed by atoms with Gasteiger partial charge in [0.1, 0.15) is 11.5 Å². The van der Waals surface area contributed by atoms with Gasteiger partial charge in [-0.3, -0.25) is 9.58 Å². The molecule has 2 aliphatic rings. The van der Waals surface area contributed by atoms with Crippen LogP contribution in [0.15, 0.2) is 36.5 Å². The number of nitrogens with zero attached hydrogens (tertiary/aromatic N) is 7. The lowest BCUT2D eigenvalue weighted by molar-refractivity contribution is 0.179. The summed E-state index contributed by atoms with van der Waals surface area (Å²) in [7, 11) is 4.14. The molecule has 0 spiro atoms. The summed E-state index contributed by atoms with van der Waals surface area (Å²) in [4.78, 5) is 18.6. The normalized spacial score (nSPS) is 18.6. The molecule has 8 nitrogen and oxygen atoms in total. The van der Waals surface area contributed by atoms with Crippen molar-refractivity contribution in [3.63, 3.8) is 0 Å². The molecular formula is C28H33FN8. The first-order chi connectivity index (χ1) is 17.9. The molecule has 2 aliphatic heterocycles. The molecule has 4 aromatic rings. The smallest absolute Gasteiger partial charge is 0.229 e. The van der Waals surface area contributed by atoms with E-state index in [-0.39, 0.29) is 5.69 Å². The van der Waals surface area contributed by atoms with Gasteiger partial charge in [-0.15, -0.1) is 0 Å². The molecular weight excluding hydrogens is 467 g/mol. The van der Waals surface area contributed by atoms with Crippen LogP contribution in [0.25, 0.3) is 22.2 Å². The fourth-order valence-electron chi connectivity index (χ4n) is 5.82. The average molecular weight is 501 g/mol. The van der Waals surface area contributed by atoms with Crippen LogP contribution in [0.1, 0.15) is 43.1 Å². The Morgan fingerprint density at radius 1 is 1.08 bits per heavy atom. The van der Waals surface area contributed by atoms with Gasteiger partial charge in [0.15, 0.2) is 5.82 Å². The summed E-state index contributed by atoms with van der Waals surface area (Å²) >= 11 is 0. The van der Waals surface area contributed by atoms with Gasteiger partial charge in [0.25, 0.3) is 0 Å². The lowest BCUT2D eigenvalue weighted by Gasteiger charge is -2.33. The van der Waals surface area contributed by atoms with Crippen molar-refractivity contribution in [2.75, 3.05) is 32.0 Å². The van der Waals surface area contributed by atoms with Gasteiger partial charge in [-0.05, 0) is 49.7 Å². The minimum Gasteiger partial charge on any atom is -0.309 e. The minimum absolute atomic E-state index is 0.257. The van der Waals surface area contributed by atoms with Crippen LogP contribution in [0.5, 0.6) is 0 Å². The first-order valence-electron chi connectivity index (χ1n) is 13.0. The van der Waals surface area contributed by atoms with Gasteiger partial charge in [-0.25, -0.2) is 19.3 Å². The molecule has 3 aromatic heterocycles. The van der Waals surface area contributed by atoms with Crippen LogP contribution in [0.2, 0.25) is 0 Å². The zero-order chi connectivity index (χ0) is 25.7. The number of aryl methyl sites for hydroxylation is 1. The number of likely N-dealkylation sites (tertiary alicyclic amines) is 1. The molecule has 37 heavy (non-hydrogen) atoms. The number of hydrogen-bond acceptors (Lipinski definition) is 7. The van der Waals surface area contributed by atoms with Gasteiger partial charge < -0.3 is 10.2 Å². The monoisotopic (exact) mass is 500 g/mol. The predicted octanol–water partition coefficient (Wildman–Crippen LogP) is 4.49. The molecule has 0 amide bonds. The molecule has 0 saturated carbocycles. The SMILES string of the molecule is CC(C)c1c2cc(-c3nc(Nc4ccc5c(n4)CCN([C@H]4CCN(C)C4)C5)ncc3F)ccc2nn1C. The molecule has 1 N–H and O–H groups in total. The van der Waals surface area contributed by atoms with Gasteiger partial charge >= 0.3 is 0 Å². The maximum Gasteiger partial charge on any atom is 0.229 e. The van der Waals surface area contributed by atoms with Crippen molar-refractivity contribution in [3.05, 3.63) is 59.3 Å². The molecule has 1 fully saturated rings. The van der Waals surface area contributed by atoms with E-state index in [4.69, 9.17) is 4.98 Å². The van der Waals surface area contributed by atoms with Crippen molar-refractivity contribution in [2.45, 2.75) is 45.2 Å². The van der Waals surface area contributed by atoms with E-state index >= 15 is 0 Å². The highest BCUT2D eigenvalue weighted by atomic mass is 19.1. The number of rotatable bonds is 5. The third-order valence-corrected chi connectivity index (χ3v) is 7.64. The summed E-state index contributed by atoms with van der Waals surface area (Å²) < 4.78 is 16.8. The van der Waals surface area contributed by atoms with Gasteiger partial charge in [-0.1, -0.05) is 26.0 Å². The van der Waals surface area contributed by atoms with Crippen molar-refractivity contribution in [1.82, 2.24) is 34.5 Å². The Labute approximate surface area is 216 Å². The molecule has 5 heterocycles. The number of halogens is 1. The van der Waals surface area contributed by atoms with Crippen LogP contribution in [-0.4, -0.2) is 67.3 Å². The highest BCUT2D eigenvalue weighted by molar-refractivity contribution is 5.86. The number of fused-ring (bicyclic) bond motifs is 2. The molecule has 0 bridgehead atoms. The Hall–Kier alpha value is -3.43. The zero-order valence-electron chi connectivity index (χ0n) is 21.9. The molecule has 6 rings (SSSR count). The van der Waals surface area contributed by atoms with Gasteiger partial charge in [0, 0.05) is 61.5 Å². The Kier molecular flexibility index (Phi) is 6.12. The van der Waals surface area contributed by atoms with E-state index in [1.165, 1.54) is 24.7 Å². The topological polar surface area (TPSA) is 75.0 Å². The molecule has 192 valence electrons. The number of pyridine rings is 1. The number of likely N-dealkylation sites (N-methyl/N-ethyl adjacent to an activating group) is 1. The first kappa shape index (κ1) is 23.9. The van der Waals surface area contributed by atoms with Crippen molar-refractivity contribution in [2.24, 2.45) is 7.05 Å². The van der Waals surface area contributed by atoms with Crippen LogP contribution in [0, 0.1) is 5.82 Å². The fraction of sp³-hybridized carbons (Fsp3) is 0.429. The summed E-state index contributed by atoms with van der Waals surface area (Å²) in [5, 5.41) is 8.80. The van der Waals surface area contributed by atoms with Crippen LogP contribution in [0.4, 0.5) is 16.2 Å². The standard InChI is InChI=1S/C28H33FN8/c1-17(2)27-21-13-18(5-7-24(21)34-36(27)4)26-22(29)14-30-28(33-26)32-25-8-6-19-15-37(12-10-23(19)31-25)20-9-11-35(3)16-20/h5-8,13-14,17,20H,9-12,15-16H2,1-4H3,(H,30,31,32,33)/t20-/m0/s1. The van der Waals surface area contributed by atoms with E-state index in [1.807, 2.05) is 36.0 Å². The third-order valence-electron chi connectivity index (χ3n) is 7.64. The Bertz CT molecular complexity index is 1460. The van der Waals surface area contributed by atoms with E-state index in [9.17, 15) is 4.39 Å². The summed E-state index contributed by atoms with van der Waals surface area (Å²) in [5.41, 5.74) is 5.34. The molecule has 1 saturated heterocycles. The zero-order valence-corrected chi connectivity index (χ0v) is 21.9. The van der Waals surface area contributed by atoms with Crippen molar-refractivity contribution < 1.29 is 4.39 Å². The molecule has 0 radical (unpaired) electrons. The Balaban J connectivity index is 1.24. The fourth-order valence-corrected chi connectivity index (χ4v) is 5.82. The average Bonchev–Trinajstić information content (AvgIpc) is 3.46. The number of nitrogens with one attached hydrogen (secondary N) is 1. The predicted molar refractivity (Wildman–Crippen MR) is 143 cm³/mol. The highest BCUT2D eigenvalue weighted by Crippen LogP contribution is 2.31. The number of hydrogen-bond donors (Lipinski definition) is 1. The molecule has 0 aliphatic carbocycles. The summed E-state index contributed by atoms with van der Waals surface area (Å²) in [6.45, 7) is 8.53. The maximum absolute atomic E-state index is 14.9. The second kappa shape index (κ2) is 9.46. The minimum atomic E-state index is -0.462. The van der Waals surface area contributed by atoms with E-state index < -0.39 is 5.82 Å². The third kappa shape index (κ3) is 4.57. The van der Waals surface area contributed by atoms with Crippen molar-refractivity contribution in [3.8, 4) is 11.3 Å². The summed E-state index contributed by atoms with van der Waals surface area (Å²) in [5.74, 6) is 0.830. The van der Waals surface area contributed by atoms with Crippen molar-refractivity contribution in [1.29, 1.82) is 0 Å². The Morgan fingerprint density at radius 3 is 2.73 bits per heavy atom. The lowest BCUT2D eigenvalue weighted by Crippen LogP contribution is -2.40.